The van der Waals surface area contributed by atoms with E-state index < -0.39 is 4.92 Å². The van der Waals surface area contributed by atoms with Crippen LogP contribution in [0.2, 0.25) is 0 Å². The zero-order chi connectivity index (χ0) is 15.0. The van der Waals surface area contributed by atoms with Gasteiger partial charge < -0.3 is 9.47 Å². The Morgan fingerprint density at radius 2 is 2.19 bits per heavy atom. The summed E-state index contributed by atoms with van der Waals surface area (Å²) in [6, 6.07) is 4.30. The molecule has 0 unspecified atom stereocenters. The zero-order valence-electron chi connectivity index (χ0n) is 10.8. The molecular formula is C12H10IN5O3. The van der Waals surface area contributed by atoms with Crippen LogP contribution in [0.1, 0.15) is 16.2 Å². The number of nitro groups is 1. The molecule has 0 radical (unpaired) electrons. The summed E-state index contributed by atoms with van der Waals surface area (Å²) in [6.07, 6.45) is 1.63. The zero-order valence-corrected chi connectivity index (χ0v) is 12.9. The van der Waals surface area contributed by atoms with E-state index in [0.29, 0.717) is 28.8 Å². The Morgan fingerprint density at radius 1 is 1.38 bits per heavy atom. The molecule has 0 spiro atoms. The normalized spacial score (nSPS) is 13.9. The molecular weight excluding hydrogens is 389 g/mol. The number of carbonyl (C=O) groups excluding carboxylic acids is 1. The molecule has 1 amide bonds. The Morgan fingerprint density at radius 3 is 2.95 bits per heavy atom. The lowest BCUT2D eigenvalue weighted by atomic mass is 10.1. The van der Waals surface area contributed by atoms with Crippen molar-refractivity contribution in [1.29, 1.82) is 0 Å². The smallest absolute Gasteiger partial charge is 0.270 e. The number of aromatic nitrogens is 3. The minimum Gasteiger partial charge on any atom is -0.329 e. The quantitative estimate of drug-likeness (QED) is 0.433. The van der Waals surface area contributed by atoms with Crippen molar-refractivity contribution < 1.29 is 9.72 Å². The fourth-order valence-corrected chi connectivity index (χ4v) is 2.77. The van der Waals surface area contributed by atoms with Gasteiger partial charge in [0, 0.05) is 28.8 Å². The van der Waals surface area contributed by atoms with Gasteiger partial charge >= 0.3 is 0 Å². The molecule has 0 saturated heterocycles. The lowest BCUT2D eigenvalue weighted by molar-refractivity contribution is -0.384. The maximum Gasteiger partial charge on any atom is 0.270 e. The van der Waals surface area contributed by atoms with Gasteiger partial charge in [-0.3, -0.25) is 14.9 Å². The van der Waals surface area contributed by atoms with Gasteiger partial charge in [-0.05, 0) is 28.7 Å². The van der Waals surface area contributed by atoms with Crippen molar-refractivity contribution in [2.24, 2.45) is 0 Å². The van der Waals surface area contributed by atoms with Crippen molar-refractivity contribution in [3.05, 3.63) is 49.6 Å². The number of hydrogen-bond acceptors (Lipinski definition) is 5. The number of fused-ring (bicyclic) bond motifs is 1. The topological polar surface area (TPSA) is 94.2 Å². The molecule has 1 aromatic carbocycles. The summed E-state index contributed by atoms with van der Waals surface area (Å²) in [4.78, 5) is 24.5. The molecule has 0 aliphatic carbocycles. The van der Waals surface area contributed by atoms with E-state index in [1.165, 1.54) is 12.1 Å². The molecule has 1 aromatic heterocycles. The van der Waals surface area contributed by atoms with E-state index >= 15 is 0 Å². The molecule has 2 aromatic rings. The summed E-state index contributed by atoms with van der Waals surface area (Å²) in [6.45, 7) is 1.51. The van der Waals surface area contributed by atoms with Crippen molar-refractivity contribution in [2.45, 2.75) is 13.1 Å². The highest BCUT2D eigenvalue weighted by atomic mass is 127. The highest BCUT2D eigenvalue weighted by Crippen LogP contribution is 2.22. The molecule has 3 rings (SSSR count). The second-order valence-corrected chi connectivity index (χ2v) is 5.75. The van der Waals surface area contributed by atoms with Crippen molar-refractivity contribution in [3.8, 4) is 0 Å². The SMILES string of the molecule is O=C(c1cc([N+](=O)[O-])ccc1I)N1CCn2cnnc2C1. The molecule has 0 bridgehead atoms. The molecule has 0 atom stereocenters. The minimum absolute atomic E-state index is 0.0843. The monoisotopic (exact) mass is 399 g/mol. The number of benzene rings is 1. The highest BCUT2D eigenvalue weighted by Gasteiger charge is 2.25. The lowest BCUT2D eigenvalue weighted by Gasteiger charge is -2.27. The number of halogens is 1. The maximum absolute atomic E-state index is 12.6. The first-order chi connectivity index (χ1) is 10.1. The van der Waals surface area contributed by atoms with Gasteiger partial charge in [0.05, 0.1) is 17.0 Å². The molecule has 0 fully saturated rings. The highest BCUT2D eigenvalue weighted by molar-refractivity contribution is 14.1. The molecule has 1 aliphatic rings. The summed E-state index contributed by atoms with van der Waals surface area (Å²) in [7, 11) is 0. The van der Waals surface area contributed by atoms with E-state index in [4.69, 9.17) is 0 Å². The summed E-state index contributed by atoms with van der Waals surface area (Å²) >= 11 is 2.01. The standard InChI is InChI=1S/C12H10IN5O3/c13-10-2-1-8(18(20)21)5-9(10)12(19)16-3-4-17-7-14-15-11(17)6-16/h1-2,5,7H,3-4,6H2. The number of non-ortho nitro benzene ring substituents is 1. The van der Waals surface area contributed by atoms with E-state index in [2.05, 4.69) is 10.2 Å². The van der Waals surface area contributed by atoms with E-state index in [1.807, 2.05) is 27.2 Å². The summed E-state index contributed by atoms with van der Waals surface area (Å²) < 4.78 is 2.58. The Hall–Kier alpha value is -2.04. The molecule has 0 saturated carbocycles. The van der Waals surface area contributed by atoms with Gasteiger partial charge in [0.15, 0.2) is 5.82 Å². The van der Waals surface area contributed by atoms with Crippen LogP contribution in [0.3, 0.4) is 0 Å². The van der Waals surface area contributed by atoms with Crippen LogP contribution in [0.4, 0.5) is 5.69 Å². The third-order valence-electron chi connectivity index (χ3n) is 3.32. The van der Waals surface area contributed by atoms with Crippen LogP contribution < -0.4 is 0 Å². The molecule has 9 heteroatoms. The first-order valence-corrected chi connectivity index (χ1v) is 7.24. The van der Waals surface area contributed by atoms with Crippen LogP contribution >= 0.6 is 22.6 Å². The largest absolute Gasteiger partial charge is 0.329 e. The van der Waals surface area contributed by atoms with Gasteiger partial charge in [0.1, 0.15) is 6.33 Å². The van der Waals surface area contributed by atoms with Gasteiger partial charge in [-0.15, -0.1) is 10.2 Å². The first kappa shape index (κ1) is 13.9. The fraction of sp³-hybridized carbons (Fsp3) is 0.250. The minimum atomic E-state index is -0.500. The molecule has 1 aliphatic heterocycles. The first-order valence-electron chi connectivity index (χ1n) is 6.16. The molecule has 108 valence electrons. The molecule has 8 nitrogen and oxygen atoms in total. The maximum atomic E-state index is 12.6. The number of carbonyl (C=O) groups is 1. The van der Waals surface area contributed by atoms with E-state index in [0.717, 1.165) is 5.82 Å². The average Bonchev–Trinajstić information content (AvgIpc) is 2.94. The van der Waals surface area contributed by atoms with Gasteiger partial charge in [0.25, 0.3) is 11.6 Å². The number of amides is 1. The van der Waals surface area contributed by atoms with Gasteiger partial charge in [0.2, 0.25) is 0 Å². The van der Waals surface area contributed by atoms with Gasteiger partial charge in [-0.25, -0.2) is 0 Å². The van der Waals surface area contributed by atoms with Crippen LogP contribution in [-0.2, 0) is 13.1 Å². The molecule has 2 heterocycles. The van der Waals surface area contributed by atoms with E-state index in [-0.39, 0.29) is 11.6 Å². The average molecular weight is 399 g/mol. The van der Waals surface area contributed by atoms with Crippen LogP contribution in [-0.4, -0.2) is 37.0 Å². The van der Waals surface area contributed by atoms with Crippen molar-refractivity contribution >= 4 is 34.2 Å². The Bertz CT molecular complexity index is 729. The third-order valence-corrected chi connectivity index (χ3v) is 4.26. The Balaban J connectivity index is 1.89. The summed E-state index contributed by atoms with van der Waals surface area (Å²) in [5.74, 6) is 0.493. The van der Waals surface area contributed by atoms with Crippen LogP contribution in [0, 0.1) is 13.7 Å². The Labute approximate surface area is 133 Å². The van der Waals surface area contributed by atoms with Gasteiger partial charge in [-0.2, -0.15) is 0 Å². The number of rotatable bonds is 2. The van der Waals surface area contributed by atoms with Gasteiger partial charge in [-0.1, -0.05) is 0 Å². The number of hydrogen-bond donors (Lipinski definition) is 0. The van der Waals surface area contributed by atoms with E-state index in [9.17, 15) is 14.9 Å². The second kappa shape index (κ2) is 5.39. The summed E-state index contributed by atoms with van der Waals surface area (Å²) in [5.41, 5.74) is 0.261. The number of nitrogens with zero attached hydrogens (tertiary/aromatic N) is 5. The van der Waals surface area contributed by atoms with Crippen LogP contribution in [0.15, 0.2) is 24.5 Å². The van der Waals surface area contributed by atoms with Crippen molar-refractivity contribution in [3.63, 3.8) is 0 Å². The van der Waals surface area contributed by atoms with E-state index in [1.54, 1.807) is 17.3 Å². The predicted octanol–water partition coefficient (Wildman–Crippen LogP) is 1.45. The fourth-order valence-electron chi connectivity index (χ4n) is 2.20. The van der Waals surface area contributed by atoms with Crippen LogP contribution in [0.25, 0.3) is 0 Å². The number of nitro benzene ring substituents is 1. The lowest BCUT2D eigenvalue weighted by Crippen LogP contribution is -2.38. The van der Waals surface area contributed by atoms with Crippen LogP contribution in [0.5, 0.6) is 0 Å². The van der Waals surface area contributed by atoms with Crippen molar-refractivity contribution in [1.82, 2.24) is 19.7 Å². The second-order valence-electron chi connectivity index (χ2n) is 4.59. The van der Waals surface area contributed by atoms with Crippen molar-refractivity contribution in [2.75, 3.05) is 6.54 Å². The Kier molecular flexibility index (Phi) is 3.57. The summed E-state index contributed by atoms with van der Waals surface area (Å²) in [5, 5.41) is 18.6. The molecule has 0 N–H and O–H groups in total. The predicted molar refractivity (Wildman–Crippen MR) is 80.6 cm³/mol. The third kappa shape index (κ3) is 2.60. The molecule has 21 heavy (non-hydrogen) atoms.